The third kappa shape index (κ3) is 4.27. The molecule has 0 atom stereocenters. The normalized spacial score (nSPS) is 12.3. The van der Waals surface area contributed by atoms with Gasteiger partial charge in [-0.1, -0.05) is 66.7 Å². The van der Waals surface area contributed by atoms with E-state index in [0.717, 1.165) is 33.6 Å². The number of benzene rings is 3. The fourth-order valence-electron chi connectivity index (χ4n) is 4.70. The second kappa shape index (κ2) is 9.54. The fourth-order valence-corrected chi connectivity index (χ4v) is 4.70. The molecule has 5 aromatic rings. The largest absolute Gasteiger partial charge is 0.307 e. The Bertz CT molecular complexity index is 1590. The van der Waals surface area contributed by atoms with Crippen LogP contribution in [0.25, 0.3) is 22.4 Å². The molecule has 0 unspecified atom stereocenters. The summed E-state index contributed by atoms with van der Waals surface area (Å²) in [5, 5.41) is 10.1. The van der Waals surface area contributed by atoms with E-state index in [9.17, 15) is 9.59 Å². The molecule has 1 aliphatic heterocycles. The van der Waals surface area contributed by atoms with E-state index in [2.05, 4.69) is 20.5 Å². The van der Waals surface area contributed by atoms with Gasteiger partial charge in [0.1, 0.15) is 5.82 Å². The van der Waals surface area contributed by atoms with Crippen LogP contribution in [-0.2, 0) is 6.42 Å². The molecule has 0 fully saturated rings. The smallest absolute Gasteiger partial charge is 0.259 e. The lowest BCUT2D eigenvalue weighted by Crippen LogP contribution is -2.32. The van der Waals surface area contributed by atoms with Gasteiger partial charge in [-0.3, -0.25) is 14.7 Å². The summed E-state index contributed by atoms with van der Waals surface area (Å²) in [6, 6.07) is 28.4. The molecular formula is C30H23N5O2. The van der Waals surface area contributed by atoms with Crippen LogP contribution in [0, 0.1) is 0 Å². The Hall–Kier alpha value is -5.04. The quantitative estimate of drug-likeness (QED) is 0.347. The molecule has 2 aromatic heterocycles. The number of para-hydroxylation sites is 1. The minimum atomic E-state index is -0.262. The maximum Gasteiger partial charge on any atom is 0.259 e. The summed E-state index contributed by atoms with van der Waals surface area (Å²) in [7, 11) is 0. The van der Waals surface area contributed by atoms with Crippen LogP contribution < -0.4 is 10.2 Å². The second-order valence-corrected chi connectivity index (χ2v) is 8.79. The number of carbonyl (C=O) groups excluding carboxylic acids is 2. The molecule has 2 N–H and O–H groups in total. The average molecular weight is 486 g/mol. The third-order valence-electron chi connectivity index (χ3n) is 6.54. The summed E-state index contributed by atoms with van der Waals surface area (Å²) in [5.41, 5.74) is 6.58. The SMILES string of the molecule is O=C(Nc1ccc(C(=O)N2CCc3cn[nH]c3-c3ccccc32)cn1)c1ccccc1-c1ccccc1. The van der Waals surface area contributed by atoms with Crippen molar-refractivity contribution >= 4 is 23.3 Å². The maximum atomic E-state index is 13.5. The summed E-state index contributed by atoms with van der Waals surface area (Å²) in [6.07, 6.45) is 4.01. The van der Waals surface area contributed by atoms with Crippen molar-refractivity contribution in [3.8, 4) is 22.4 Å². The highest BCUT2D eigenvalue weighted by atomic mass is 16.2. The molecule has 0 radical (unpaired) electrons. The van der Waals surface area contributed by atoms with Gasteiger partial charge in [0.25, 0.3) is 11.8 Å². The Kier molecular flexibility index (Phi) is 5.78. The zero-order valence-corrected chi connectivity index (χ0v) is 19.9. The molecule has 7 nitrogen and oxygen atoms in total. The van der Waals surface area contributed by atoms with E-state index in [4.69, 9.17) is 0 Å². The third-order valence-corrected chi connectivity index (χ3v) is 6.54. The van der Waals surface area contributed by atoms with Crippen molar-refractivity contribution in [3.05, 3.63) is 120 Å². The molecule has 2 amide bonds. The fraction of sp³-hybridized carbons (Fsp3) is 0.0667. The molecule has 0 spiro atoms. The van der Waals surface area contributed by atoms with E-state index in [1.807, 2.05) is 79.0 Å². The predicted molar refractivity (Wildman–Crippen MR) is 143 cm³/mol. The second-order valence-electron chi connectivity index (χ2n) is 8.79. The first-order chi connectivity index (χ1) is 18.2. The maximum absolute atomic E-state index is 13.5. The van der Waals surface area contributed by atoms with Crippen LogP contribution in [0.15, 0.2) is 103 Å². The molecule has 37 heavy (non-hydrogen) atoms. The number of anilines is 2. The van der Waals surface area contributed by atoms with Crippen molar-refractivity contribution in [2.45, 2.75) is 6.42 Å². The van der Waals surface area contributed by atoms with Gasteiger partial charge in [0.2, 0.25) is 0 Å². The van der Waals surface area contributed by atoms with Gasteiger partial charge in [-0.2, -0.15) is 5.10 Å². The summed E-state index contributed by atoms with van der Waals surface area (Å²) in [5.74, 6) is -0.0330. The van der Waals surface area contributed by atoms with Gasteiger partial charge < -0.3 is 10.2 Å². The number of pyridine rings is 1. The number of nitrogens with one attached hydrogen (secondary N) is 2. The number of hydrogen-bond acceptors (Lipinski definition) is 4. The zero-order valence-electron chi connectivity index (χ0n) is 19.9. The number of hydrogen-bond donors (Lipinski definition) is 2. The van der Waals surface area contributed by atoms with Crippen molar-refractivity contribution < 1.29 is 9.59 Å². The van der Waals surface area contributed by atoms with Crippen LogP contribution in [0.3, 0.4) is 0 Å². The van der Waals surface area contributed by atoms with E-state index < -0.39 is 0 Å². The van der Waals surface area contributed by atoms with E-state index in [0.29, 0.717) is 29.9 Å². The summed E-state index contributed by atoms with van der Waals surface area (Å²) in [6.45, 7) is 0.525. The van der Waals surface area contributed by atoms with Gasteiger partial charge in [0.05, 0.1) is 23.1 Å². The average Bonchev–Trinajstić information content (AvgIpc) is 3.36. The van der Waals surface area contributed by atoms with E-state index in [1.165, 1.54) is 6.20 Å². The van der Waals surface area contributed by atoms with Crippen molar-refractivity contribution in [1.82, 2.24) is 15.2 Å². The standard InChI is InChI=1S/C30H23N5O2/c36-29(24-11-5-4-10-23(24)20-8-2-1-3-9-20)33-27-15-14-22(18-31-27)30(37)35-17-16-21-19-32-34-28(21)25-12-6-7-13-26(25)35/h1-15,18-19H,16-17H2,(H,32,34)(H,31,33,36). The van der Waals surface area contributed by atoms with Gasteiger partial charge >= 0.3 is 0 Å². The Morgan fingerprint density at radius 1 is 0.811 bits per heavy atom. The van der Waals surface area contributed by atoms with Gasteiger partial charge in [0.15, 0.2) is 0 Å². The first-order valence-electron chi connectivity index (χ1n) is 12.0. The molecule has 0 aliphatic carbocycles. The molecule has 6 rings (SSSR count). The first kappa shape index (κ1) is 22.4. The van der Waals surface area contributed by atoms with Crippen LogP contribution in [0.1, 0.15) is 26.3 Å². The molecule has 3 aromatic carbocycles. The number of fused-ring (bicyclic) bond motifs is 3. The van der Waals surface area contributed by atoms with Gasteiger partial charge in [-0.05, 0) is 47.4 Å². The van der Waals surface area contributed by atoms with Gasteiger partial charge in [-0.15, -0.1) is 0 Å². The Balaban J connectivity index is 1.23. The minimum Gasteiger partial charge on any atom is -0.307 e. The molecule has 7 heteroatoms. The van der Waals surface area contributed by atoms with Crippen LogP contribution >= 0.6 is 0 Å². The van der Waals surface area contributed by atoms with Crippen molar-refractivity contribution in [1.29, 1.82) is 0 Å². The summed E-state index contributed by atoms with van der Waals surface area (Å²) >= 11 is 0. The minimum absolute atomic E-state index is 0.148. The van der Waals surface area contributed by atoms with Gasteiger partial charge in [-0.25, -0.2) is 4.98 Å². The first-order valence-corrected chi connectivity index (χ1v) is 12.0. The number of nitrogens with zero attached hydrogens (tertiary/aromatic N) is 3. The topological polar surface area (TPSA) is 91.0 Å². The molecule has 3 heterocycles. The van der Waals surface area contributed by atoms with E-state index in [-0.39, 0.29) is 11.8 Å². The van der Waals surface area contributed by atoms with E-state index >= 15 is 0 Å². The lowest BCUT2D eigenvalue weighted by atomic mass is 9.99. The highest BCUT2D eigenvalue weighted by Crippen LogP contribution is 2.35. The van der Waals surface area contributed by atoms with Crippen LogP contribution in [-0.4, -0.2) is 33.5 Å². The number of amides is 2. The molecular weight excluding hydrogens is 462 g/mol. The Morgan fingerprint density at radius 3 is 2.38 bits per heavy atom. The van der Waals surface area contributed by atoms with Crippen molar-refractivity contribution in [2.24, 2.45) is 0 Å². The van der Waals surface area contributed by atoms with Crippen molar-refractivity contribution in [2.75, 3.05) is 16.8 Å². The summed E-state index contributed by atoms with van der Waals surface area (Å²) < 4.78 is 0. The molecule has 0 bridgehead atoms. The number of aromatic nitrogens is 3. The number of H-pyrrole nitrogens is 1. The Morgan fingerprint density at radius 2 is 1.57 bits per heavy atom. The van der Waals surface area contributed by atoms with E-state index in [1.54, 1.807) is 23.1 Å². The number of aromatic amines is 1. The van der Waals surface area contributed by atoms with Crippen molar-refractivity contribution in [3.63, 3.8) is 0 Å². The highest BCUT2D eigenvalue weighted by Gasteiger charge is 2.26. The number of rotatable bonds is 4. The molecule has 0 saturated heterocycles. The Labute approximate surface area is 213 Å². The molecule has 0 saturated carbocycles. The van der Waals surface area contributed by atoms with Crippen LogP contribution in [0.2, 0.25) is 0 Å². The van der Waals surface area contributed by atoms with Gasteiger partial charge in [0, 0.05) is 23.9 Å². The predicted octanol–water partition coefficient (Wildman–Crippen LogP) is 5.59. The highest BCUT2D eigenvalue weighted by molar-refractivity contribution is 6.10. The number of carbonyl (C=O) groups is 2. The van der Waals surface area contributed by atoms with Crippen LogP contribution in [0.5, 0.6) is 0 Å². The lowest BCUT2D eigenvalue weighted by molar-refractivity contribution is 0.0986. The zero-order chi connectivity index (χ0) is 25.2. The monoisotopic (exact) mass is 485 g/mol. The lowest BCUT2D eigenvalue weighted by Gasteiger charge is -2.23. The molecule has 180 valence electrons. The van der Waals surface area contributed by atoms with Crippen LogP contribution in [0.4, 0.5) is 11.5 Å². The molecule has 1 aliphatic rings. The summed E-state index contributed by atoms with van der Waals surface area (Å²) in [4.78, 5) is 32.8.